The van der Waals surface area contributed by atoms with Crippen LogP contribution < -0.4 is 9.47 Å². The largest absolute Gasteiger partial charge is 0.494 e. The second-order valence-corrected chi connectivity index (χ2v) is 7.47. The van der Waals surface area contributed by atoms with E-state index in [9.17, 15) is 0 Å². The van der Waals surface area contributed by atoms with Gasteiger partial charge >= 0.3 is 0 Å². The molecule has 0 fully saturated rings. The standard InChI is InChI=1S/C20H22N2O2S/c1-3-12-23-14-8-10-15(11-9-14)24-19-18-16-6-4-5-7-17(16)25-20(18)22-13(2)21-19/h8-11H,3-7,12H2,1-2H3. The Bertz CT molecular complexity index is 887. The van der Waals surface area contributed by atoms with Gasteiger partial charge in [0.2, 0.25) is 5.88 Å². The summed E-state index contributed by atoms with van der Waals surface area (Å²) in [4.78, 5) is 11.7. The van der Waals surface area contributed by atoms with Crippen LogP contribution in [0.3, 0.4) is 0 Å². The zero-order valence-electron chi connectivity index (χ0n) is 14.7. The van der Waals surface area contributed by atoms with Crippen molar-refractivity contribution in [3.8, 4) is 17.4 Å². The van der Waals surface area contributed by atoms with E-state index in [0.29, 0.717) is 5.88 Å². The molecule has 130 valence electrons. The van der Waals surface area contributed by atoms with Crippen molar-refractivity contribution in [3.63, 3.8) is 0 Å². The molecule has 25 heavy (non-hydrogen) atoms. The molecule has 0 bridgehead atoms. The SMILES string of the molecule is CCCOc1ccc(Oc2nc(C)nc3sc4c(c23)CCCC4)cc1. The molecule has 0 atom stereocenters. The number of fused-ring (bicyclic) bond motifs is 3. The first-order valence-electron chi connectivity index (χ1n) is 8.94. The predicted molar refractivity (Wildman–Crippen MR) is 101 cm³/mol. The Morgan fingerprint density at radius 1 is 1.04 bits per heavy atom. The van der Waals surface area contributed by atoms with Gasteiger partial charge in [0.05, 0.1) is 12.0 Å². The highest BCUT2D eigenvalue weighted by Gasteiger charge is 2.21. The molecule has 0 unspecified atom stereocenters. The van der Waals surface area contributed by atoms with Crippen molar-refractivity contribution in [1.82, 2.24) is 9.97 Å². The number of hydrogen-bond donors (Lipinski definition) is 0. The van der Waals surface area contributed by atoms with Gasteiger partial charge in [0.25, 0.3) is 0 Å². The number of nitrogens with zero attached hydrogens (tertiary/aromatic N) is 2. The summed E-state index contributed by atoms with van der Waals surface area (Å²) in [6.45, 7) is 4.75. The summed E-state index contributed by atoms with van der Waals surface area (Å²) in [6.07, 6.45) is 5.75. The maximum Gasteiger partial charge on any atom is 0.231 e. The van der Waals surface area contributed by atoms with Gasteiger partial charge < -0.3 is 9.47 Å². The van der Waals surface area contributed by atoms with Crippen molar-refractivity contribution >= 4 is 21.6 Å². The minimum atomic E-state index is 0.684. The average Bonchev–Trinajstić information content (AvgIpc) is 2.99. The van der Waals surface area contributed by atoms with E-state index in [-0.39, 0.29) is 0 Å². The Morgan fingerprint density at radius 2 is 1.80 bits per heavy atom. The lowest BCUT2D eigenvalue weighted by atomic mass is 9.97. The van der Waals surface area contributed by atoms with Crippen molar-refractivity contribution in [2.45, 2.75) is 46.0 Å². The summed E-state index contributed by atoms with van der Waals surface area (Å²) in [5.41, 5.74) is 1.39. The van der Waals surface area contributed by atoms with Crippen molar-refractivity contribution in [3.05, 3.63) is 40.5 Å². The van der Waals surface area contributed by atoms with Crippen LogP contribution in [0.1, 0.15) is 42.5 Å². The average molecular weight is 354 g/mol. The number of hydrogen-bond acceptors (Lipinski definition) is 5. The molecule has 1 aromatic carbocycles. The number of aryl methyl sites for hydroxylation is 3. The Morgan fingerprint density at radius 3 is 2.60 bits per heavy atom. The van der Waals surface area contributed by atoms with Crippen LogP contribution in [-0.2, 0) is 12.8 Å². The molecule has 0 radical (unpaired) electrons. The Balaban J connectivity index is 1.67. The van der Waals surface area contributed by atoms with E-state index in [1.165, 1.54) is 23.3 Å². The van der Waals surface area contributed by atoms with Crippen LogP contribution in [-0.4, -0.2) is 16.6 Å². The summed E-state index contributed by atoms with van der Waals surface area (Å²) in [5.74, 6) is 3.08. The summed E-state index contributed by atoms with van der Waals surface area (Å²) in [6, 6.07) is 7.76. The number of aromatic nitrogens is 2. The molecular formula is C20H22N2O2S. The molecule has 1 aliphatic rings. The third kappa shape index (κ3) is 3.33. The second kappa shape index (κ2) is 7.00. The lowest BCUT2D eigenvalue weighted by Gasteiger charge is -2.12. The minimum absolute atomic E-state index is 0.684. The molecule has 4 rings (SSSR count). The lowest BCUT2D eigenvalue weighted by Crippen LogP contribution is -2.00. The second-order valence-electron chi connectivity index (χ2n) is 6.39. The van der Waals surface area contributed by atoms with Crippen molar-refractivity contribution in [1.29, 1.82) is 0 Å². The predicted octanol–water partition coefficient (Wildman–Crippen LogP) is 5.46. The van der Waals surface area contributed by atoms with E-state index in [2.05, 4.69) is 16.9 Å². The van der Waals surface area contributed by atoms with Crippen LogP contribution in [0.25, 0.3) is 10.2 Å². The molecule has 0 N–H and O–H groups in total. The molecule has 4 nitrogen and oxygen atoms in total. The molecule has 0 aliphatic heterocycles. The van der Waals surface area contributed by atoms with Gasteiger partial charge in [-0.1, -0.05) is 6.92 Å². The Hall–Kier alpha value is -2.14. The first-order chi connectivity index (χ1) is 12.2. The Kier molecular flexibility index (Phi) is 4.57. The number of thiophene rings is 1. The van der Waals surface area contributed by atoms with Crippen LogP contribution in [0.2, 0.25) is 0 Å². The molecule has 0 spiro atoms. The number of rotatable bonds is 5. The lowest BCUT2D eigenvalue weighted by molar-refractivity contribution is 0.317. The fourth-order valence-corrected chi connectivity index (χ4v) is 4.53. The van der Waals surface area contributed by atoms with E-state index < -0.39 is 0 Å². The van der Waals surface area contributed by atoms with Gasteiger partial charge in [-0.25, -0.2) is 4.98 Å². The topological polar surface area (TPSA) is 44.2 Å². The molecule has 0 amide bonds. The third-order valence-electron chi connectivity index (χ3n) is 4.40. The third-order valence-corrected chi connectivity index (χ3v) is 5.59. The van der Waals surface area contributed by atoms with Gasteiger partial charge in [0.15, 0.2) is 0 Å². The number of benzene rings is 1. The smallest absolute Gasteiger partial charge is 0.231 e. The van der Waals surface area contributed by atoms with Gasteiger partial charge in [-0.3, -0.25) is 0 Å². The van der Waals surface area contributed by atoms with E-state index in [1.54, 1.807) is 11.3 Å². The molecule has 0 saturated carbocycles. The molecule has 3 aromatic rings. The fourth-order valence-electron chi connectivity index (χ4n) is 3.23. The quantitative estimate of drug-likeness (QED) is 0.610. The molecule has 1 aliphatic carbocycles. The van der Waals surface area contributed by atoms with Crippen molar-refractivity contribution < 1.29 is 9.47 Å². The molecule has 0 saturated heterocycles. The van der Waals surface area contributed by atoms with Crippen molar-refractivity contribution in [2.24, 2.45) is 0 Å². The normalized spacial score (nSPS) is 13.7. The molecular weight excluding hydrogens is 332 g/mol. The highest BCUT2D eigenvalue weighted by Crippen LogP contribution is 2.40. The molecule has 2 heterocycles. The van der Waals surface area contributed by atoms with Gasteiger partial charge in [-0.2, -0.15) is 4.98 Å². The fraction of sp³-hybridized carbons (Fsp3) is 0.400. The van der Waals surface area contributed by atoms with Crippen LogP contribution in [0.15, 0.2) is 24.3 Å². The Labute approximate surface area is 151 Å². The van der Waals surface area contributed by atoms with Gasteiger partial charge in [-0.15, -0.1) is 11.3 Å². The molecule has 5 heteroatoms. The zero-order chi connectivity index (χ0) is 17.2. The van der Waals surface area contributed by atoms with E-state index >= 15 is 0 Å². The van der Waals surface area contributed by atoms with E-state index in [1.807, 2.05) is 31.2 Å². The maximum atomic E-state index is 6.16. The summed E-state index contributed by atoms with van der Waals surface area (Å²) >= 11 is 1.80. The number of ether oxygens (including phenoxy) is 2. The monoisotopic (exact) mass is 354 g/mol. The van der Waals surface area contributed by atoms with Crippen LogP contribution in [0.4, 0.5) is 0 Å². The summed E-state index contributed by atoms with van der Waals surface area (Å²) in [7, 11) is 0. The van der Waals surface area contributed by atoms with E-state index in [0.717, 1.165) is 53.4 Å². The van der Waals surface area contributed by atoms with Gasteiger partial charge in [0.1, 0.15) is 22.2 Å². The van der Waals surface area contributed by atoms with Gasteiger partial charge in [0, 0.05) is 4.88 Å². The first kappa shape index (κ1) is 16.3. The van der Waals surface area contributed by atoms with Crippen LogP contribution >= 0.6 is 11.3 Å². The first-order valence-corrected chi connectivity index (χ1v) is 9.76. The van der Waals surface area contributed by atoms with E-state index in [4.69, 9.17) is 9.47 Å². The molecule has 2 aromatic heterocycles. The summed E-state index contributed by atoms with van der Waals surface area (Å²) < 4.78 is 11.8. The zero-order valence-corrected chi connectivity index (χ0v) is 15.5. The van der Waals surface area contributed by atoms with Gasteiger partial charge in [-0.05, 0) is 68.9 Å². The highest BCUT2D eigenvalue weighted by molar-refractivity contribution is 7.18. The van der Waals surface area contributed by atoms with Crippen LogP contribution in [0, 0.1) is 6.92 Å². The highest BCUT2D eigenvalue weighted by atomic mass is 32.1. The minimum Gasteiger partial charge on any atom is -0.494 e. The maximum absolute atomic E-state index is 6.16. The summed E-state index contributed by atoms with van der Waals surface area (Å²) in [5, 5.41) is 1.11. The van der Waals surface area contributed by atoms with Crippen molar-refractivity contribution in [2.75, 3.05) is 6.61 Å². The van der Waals surface area contributed by atoms with Crippen LogP contribution in [0.5, 0.6) is 17.4 Å².